The van der Waals surface area contributed by atoms with Crippen LogP contribution in [0.1, 0.15) is 43.1 Å². The van der Waals surface area contributed by atoms with Crippen LogP contribution < -0.4 is 0 Å². The summed E-state index contributed by atoms with van der Waals surface area (Å²) in [5.74, 6) is 0.0365. The zero-order valence-corrected chi connectivity index (χ0v) is 13.6. The summed E-state index contributed by atoms with van der Waals surface area (Å²) in [6, 6.07) is 5.94. The fraction of sp³-hybridized carbons (Fsp3) is 0.412. The predicted molar refractivity (Wildman–Crippen MR) is 88.0 cm³/mol. The Labute approximate surface area is 130 Å². The highest BCUT2D eigenvalue weighted by Crippen LogP contribution is 2.28. The van der Waals surface area contributed by atoms with Crippen LogP contribution >= 0.6 is 11.6 Å². The number of hydrogen-bond donors (Lipinski definition) is 0. The van der Waals surface area contributed by atoms with Gasteiger partial charge in [-0.15, -0.1) is 0 Å². The van der Waals surface area contributed by atoms with Gasteiger partial charge in [-0.25, -0.2) is 4.98 Å². The zero-order valence-electron chi connectivity index (χ0n) is 12.8. The molecule has 0 fully saturated rings. The highest BCUT2D eigenvalue weighted by atomic mass is 35.5. The summed E-state index contributed by atoms with van der Waals surface area (Å²) in [5.41, 5.74) is 1.79. The van der Waals surface area contributed by atoms with Crippen LogP contribution in [0.2, 0.25) is 5.15 Å². The number of aryl methyl sites for hydroxylation is 1. The number of fused-ring (bicyclic) bond motifs is 1. The van der Waals surface area contributed by atoms with Crippen molar-refractivity contribution in [1.82, 2.24) is 9.88 Å². The number of aromatic nitrogens is 1. The molecule has 1 aromatic carbocycles. The maximum atomic E-state index is 12.8. The third-order valence-corrected chi connectivity index (χ3v) is 4.02. The van der Waals surface area contributed by atoms with Gasteiger partial charge in [0, 0.05) is 30.1 Å². The number of rotatable bonds is 5. The molecule has 0 aliphatic carbocycles. The second-order valence-electron chi connectivity index (χ2n) is 5.04. The van der Waals surface area contributed by atoms with Gasteiger partial charge in [0.1, 0.15) is 5.15 Å². The number of halogens is 1. The SMILES string of the molecule is CCCN(CC)C(=O)c1cnc(Cl)c2cccc(CC)c12. The van der Waals surface area contributed by atoms with Crippen molar-refractivity contribution in [3.8, 4) is 0 Å². The molecular weight excluding hydrogens is 284 g/mol. The molecule has 0 saturated carbocycles. The minimum absolute atomic E-state index is 0.0365. The van der Waals surface area contributed by atoms with Gasteiger partial charge in [-0.05, 0) is 25.3 Å². The monoisotopic (exact) mass is 304 g/mol. The van der Waals surface area contributed by atoms with Gasteiger partial charge in [0.2, 0.25) is 0 Å². The molecule has 0 bridgehead atoms. The second kappa shape index (κ2) is 6.90. The van der Waals surface area contributed by atoms with E-state index in [2.05, 4.69) is 18.8 Å². The van der Waals surface area contributed by atoms with E-state index in [9.17, 15) is 4.79 Å². The van der Waals surface area contributed by atoms with Crippen molar-refractivity contribution in [3.05, 3.63) is 40.7 Å². The second-order valence-corrected chi connectivity index (χ2v) is 5.40. The lowest BCUT2D eigenvalue weighted by Crippen LogP contribution is -2.31. The van der Waals surface area contributed by atoms with Gasteiger partial charge in [-0.3, -0.25) is 4.79 Å². The summed E-state index contributed by atoms with van der Waals surface area (Å²) in [7, 11) is 0. The number of carbonyl (C=O) groups excluding carboxylic acids is 1. The number of amides is 1. The van der Waals surface area contributed by atoms with Crippen molar-refractivity contribution in [1.29, 1.82) is 0 Å². The van der Waals surface area contributed by atoms with E-state index >= 15 is 0 Å². The van der Waals surface area contributed by atoms with E-state index in [0.29, 0.717) is 17.3 Å². The van der Waals surface area contributed by atoms with E-state index in [1.807, 2.05) is 30.0 Å². The Balaban J connectivity index is 2.63. The van der Waals surface area contributed by atoms with Gasteiger partial charge < -0.3 is 4.90 Å². The first kappa shape index (κ1) is 15.8. The fourth-order valence-corrected chi connectivity index (χ4v) is 2.85. The first-order chi connectivity index (χ1) is 10.1. The first-order valence-electron chi connectivity index (χ1n) is 7.49. The van der Waals surface area contributed by atoms with Gasteiger partial charge in [-0.2, -0.15) is 0 Å². The smallest absolute Gasteiger partial charge is 0.256 e. The number of benzene rings is 1. The van der Waals surface area contributed by atoms with Crippen molar-refractivity contribution >= 4 is 28.3 Å². The van der Waals surface area contributed by atoms with Crippen LogP contribution in [0.4, 0.5) is 0 Å². The fourth-order valence-electron chi connectivity index (χ4n) is 2.65. The number of carbonyl (C=O) groups is 1. The quantitative estimate of drug-likeness (QED) is 0.771. The summed E-state index contributed by atoms with van der Waals surface area (Å²) in [5, 5.41) is 2.25. The lowest BCUT2D eigenvalue weighted by molar-refractivity contribution is 0.0766. The van der Waals surface area contributed by atoms with Crippen molar-refractivity contribution in [2.24, 2.45) is 0 Å². The van der Waals surface area contributed by atoms with Crippen LogP contribution in [0.3, 0.4) is 0 Å². The van der Waals surface area contributed by atoms with E-state index < -0.39 is 0 Å². The summed E-state index contributed by atoms with van der Waals surface area (Å²) in [6.45, 7) is 7.62. The number of nitrogens with zero attached hydrogens (tertiary/aromatic N) is 2. The van der Waals surface area contributed by atoms with Gasteiger partial charge in [0.25, 0.3) is 5.91 Å². The number of hydrogen-bond acceptors (Lipinski definition) is 2. The minimum atomic E-state index is 0.0365. The highest BCUT2D eigenvalue weighted by Gasteiger charge is 2.19. The third kappa shape index (κ3) is 3.03. The minimum Gasteiger partial charge on any atom is -0.339 e. The number of pyridine rings is 1. The van der Waals surface area contributed by atoms with Crippen LogP contribution in [-0.4, -0.2) is 28.9 Å². The maximum Gasteiger partial charge on any atom is 0.256 e. The molecule has 112 valence electrons. The van der Waals surface area contributed by atoms with E-state index in [1.165, 1.54) is 0 Å². The van der Waals surface area contributed by atoms with Crippen LogP contribution in [0.15, 0.2) is 24.4 Å². The average molecular weight is 305 g/mol. The molecule has 0 spiro atoms. The van der Waals surface area contributed by atoms with Crippen LogP contribution in [0, 0.1) is 0 Å². The first-order valence-corrected chi connectivity index (χ1v) is 7.87. The van der Waals surface area contributed by atoms with E-state index in [-0.39, 0.29) is 5.91 Å². The van der Waals surface area contributed by atoms with Crippen LogP contribution in [0.25, 0.3) is 10.8 Å². The van der Waals surface area contributed by atoms with E-state index in [1.54, 1.807) is 6.20 Å². The Morgan fingerprint density at radius 2 is 2.05 bits per heavy atom. The zero-order chi connectivity index (χ0) is 15.4. The molecule has 0 aliphatic heterocycles. The van der Waals surface area contributed by atoms with Gasteiger partial charge >= 0.3 is 0 Å². The van der Waals surface area contributed by atoms with Gasteiger partial charge in [0.05, 0.1) is 5.56 Å². The molecule has 0 atom stereocenters. The van der Waals surface area contributed by atoms with Crippen molar-refractivity contribution < 1.29 is 4.79 Å². The largest absolute Gasteiger partial charge is 0.339 e. The Kier molecular flexibility index (Phi) is 5.18. The normalized spacial score (nSPS) is 10.9. The lowest BCUT2D eigenvalue weighted by Gasteiger charge is -2.21. The molecule has 1 aromatic heterocycles. The Morgan fingerprint density at radius 1 is 1.29 bits per heavy atom. The van der Waals surface area contributed by atoms with Crippen molar-refractivity contribution in [3.63, 3.8) is 0 Å². The molecule has 1 heterocycles. The standard InChI is InChI=1S/C17H21ClN2O/c1-4-10-20(6-3)17(21)14-11-19-16(18)13-9-7-8-12(5-2)15(13)14/h7-9,11H,4-6,10H2,1-3H3. The lowest BCUT2D eigenvalue weighted by atomic mass is 9.99. The summed E-state index contributed by atoms with van der Waals surface area (Å²) >= 11 is 6.20. The van der Waals surface area contributed by atoms with Crippen molar-refractivity contribution in [2.45, 2.75) is 33.6 Å². The van der Waals surface area contributed by atoms with Gasteiger partial charge in [-0.1, -0.05) is 43.6 Å². The van der Waals surface area contributed by atoms with Crippen molar-refractivity contribution in [2.75, 3.05) is 13.1 Å². The van der Waals surface area contributed by atoms with Crippen LogP contribution in [0.5, 0.6) is 0 Å². The molecule has 3 nitrogen and oxygen atoms in total. The predicted octanol–water partition coefficient (Wildman–Crippen LogP) is 4.32. The van der Waals surface area contributed by atoms with E-state index in [4.69, 9.17) is 11.6 Å². The molecule has 2 aromatic rings. The molecule has 21 heavy (non-hydrogen) atoms. The third-order valence-electron chi connectivity index (χ3n) is 3.72. The topological polar surface area (TPSA) is 33.2 Å². The maximum absolute atomic E-state index is 12.8. The molecule has 0 N–H and O–H groups in total. The average Bonchev–Trinajstić information content (AvgIpc) is 2.52. The highest BCUT2D eigenvalue weighted by molar-refractivity contribution is 6.35. The molecule has 0 saturated heterocycles. The molecule has 0 unspecified atom stereocenters. The molecule has 4 heteroatoms. The van der Waals surface area contributed by atoms with Crippen LogP contribution in [-0.2, 0) is 6.42 Å². The molecule has 0 aliphatic rings. The Bertz CT molecular complexity index is 655. The van der Waals surface area contributed by atoms with Gasteiger partial charge in [0.15, 0.2) is 0 Å². The molecular formula is C17H21ClN2O. The summed E-state index contributed by atoms with van der Waals surface area (Å²) in [4.78, 5) is 18.9. The molecule has 1 amide bonds. The summed E-state index contributed by atoms with van der Waals surface area (Å²) < 4.78 is 0. The Hall–Kier alpha value is -1.61. The molecule has 2 rings (SSSR count). The molecule has 0 radical (unpaired) electrons. The van der Waals surface area contributed by atoms with E-state index in [0.717, 1.165) is 35.7 Å². The Morgan fingerprint density at radius 3 is 2.67 bits per heavy atom. The summed E-state index contributed by atoms with van der Waals surface area (Å²) in [6.07, 6.45) is 3.42.